The van der Waals surface area contributed by atoms with E-state index in [2.05, 4.69) is 16.0 Å². The number of nitrogens with one attached hydrogen (secondary N) is 3. The standard InChI is InChI=1S/C18H21N3O6/c1-10(27-15(22)7-6-13-17(24)21-18(25)20-13)16(23)19-12-8-9-26-14-5-3-2-4-11(12)14/h2-5,10,12-13H,6-9H2,1H3,(H,19,23)(H2,20,21,24,25). The molecule has 27 heavy (non-hydrogen) atoms. The highest BCUT2D eigenvalue weighted by molar-refractivity contribution is 6.04. The summed E-state index contributed by atoms with van der Waals surface area (Å²) in [5.41, 5.74) is 0.888. The molecule has 1 saturated heterocycles. The van der Waals surface area contributed by atoms with Crippen molar-refractivity contribution in [3.63, 3.8) is 0 Å². The number of esters is 1. The van der Waals surface area contributed by atoms with E-state index in [0.717, 1.165) is 11.3 Å². The van der Waals surface area contributed by atoms with Crippen LogP contribution in [0.3, 0.4) is 0 Å². The van der Waals surface area contributed by atoms with E-state index in [0.29, 0.717) is 13.0 Å². The molecule has 0 bridgehead atoms. The number of ether oxygens (including phenoxy) is 2. The average Bonchev–Trinajstić information content (AvgIpc) is 2.97. The van der Waals surface area contributed by atoms with Gasteiger partial charge in [0.2, 0.25) is 0 Å². The number of imide groups is 1. The van der Waals surface area contributed by atoms with Crippen LogP contribution in [0.2, 0.25) is 0 Å². The van der Waals surface area contributed by atoms with Gasteiger partial charge in [-0.05, 0) is 19.4 Å². The van der Waals surface area contributed by atoms with Crippen LogP contribution in [0.25, 0.3) is 0 Å². The van der Waals surface area contributed by atoms with Crippen LogP contribution in [0.4, 0.5) is 4.79 Å². The number of hydrogen-bond donors (Lipinski definition) is 3. The van der Waals surface area contributed by atoms with E-state index in [1.165, 1.54) is 6.92 Å². The maximum Gasteiger partial charge on any atom is 0.322 e. The van der Waals surface area contributed by atoms with Gasteiger partial charge >= 0.3 is 12.0 Å². The number of fused-ring (bicyclic) bond motifs is 1. The molecule has 3 atom stereocenters. The molecule has 0 spiro atoms. The van der Waals surface area contributed by atoms with E-state index >= 15 is 0 Å². The lowest BCUT2D eigenvalue weighted by molar-refractivity contribution is -0.155. The van der Waals surface area contributed by atoms with Gasteiger partial charge < -0.3 is 20.1 Å². The van der Waals surface area contributed by atoms with Crippen LogP contribution >= 0.6 is 0 Å². The van der Waals surface area contributed by atoms with E-state index < -0.39 is 36.0 Å². The molecule has 144 valence electrons. The van der Waals surface area contributed by atoms with Crippen molar-refractivity contribution in [3.8, 4) is 5.75 Å². The van der Waals surface area contributed by atoms with Crippen molar-refractivity contribution in [3.05, 3.63) is 29.8 Å². The molecular formula is C18H21N3O6. The van der Waals surface area contributed by atoms with Crippen LogP contribution in [0, 0.1) is 0 Å². The molecule has 9 nitrogen and oxygen atoms in total. The molecule has 1 fully saturated rings. The number of carbonyl (C=O) groups excluding carboxylic acids is 4. The molecule has 0 aromatic heterocycles. The minimum Gasteiger partial charge on any atom is -0.493 e. The van der Waals surface area contributed by atoms with E-state index in [1.54, 1.807) is 0 Å². The minimum absolute atomic E-state index is 0.0872. The largest absolute Gasteiger partial charge is 0.493 e. The molecule has 0 radical (unpaired) electrons. The molecule has 1 aromatic rings. The lowest BCUT2D eigenvalue weighted by Crippen LogP contribution is -2.40. The highest BCUT2D eigenvalue weighted by Crippen LogP contribution is 2.31. The van der Waals surface area contributed by atoms with E-state index in [9.17, 15) is 19.2 Å². The third kappa shape index (κ3) is 4.55. The van der Waals surface area contributed by atoms with Crippen molar-refractivity contribution in [1.29, 1.82) is 0 Å². The number of rotatable bonds is 6. The number of para-hydroxylation sites is 1. The van der Waals surface area contributed by atoms with Gasteiger partial charge in [-0.25, -0.2) is 4.79 Å². The van der Waals surface area contributed by atoms with Gasteiger partial charge in [-0.3, -0.25) is 19.7 Å². The highest BCUT2D eigenvalue weighted by atomic mass is 16.5. The topological polar surface area (TPSA) is 123 Å². The predicted octanol–water partition coefficient (Wildman–Crippen LogP) is 0.546. The first-order valence-corrected chi connectivity index (χ1v) is 8.77. The second-order valence-corrected chi connectivity index (χ2v) is 6.42. The summed E-state index contributed by atoms with van der Waals surface area (Å²) in [4.78, 5) is 46.7. The fraction of sp³-hybridized carbons (Fsp3) is 0.444. The molecule has 0 saturated carbocycles. The molecule has 9 heteroatoms. The molecule has 4 amide bonds. The third-order valence-corrected chi connectivity index (χ3v) is 4.45. The zero-order valence-corrected chi connectivity index (χ0v) is 14.8. The second kappa shape index (κ2) is 8.07. The van der Waals surface area contributed by atoms with Gasteiger partial charge in [-0.2, -0.15) is 0 Å². The molecule has 2 aliphatic heterocycles. The lowest BCUT2D eigenvalue weighted by atomic mass is 10.0. The Hall–Kier alpha value is -3.10. The van der Waals surface area contributed by atoms with Crippen molar-refractivity contribution in [1.82, 2.24) is 16.0 Å². The van der Waals surface area contributed by atoms with Gasteiger partial charge in [-0.15, -0.1) is 0 Å². The first kappa shape index (κ1) is 18.7. The van der Waals surface area contributed by atoms with Crippen LogP contribution in [-0.4, -0.2) is 42.6 Å². The first-order chi connectivity index (χ1) is 12.9. The summed E-state index contributed by atoms with van der Waals surface area (Å²) in [5, 5.41) is 7.36. The molecular weight excluding hydrogens is 354 g/mol. The fourth-order valence-electron chi connectivity index (χ4n) is 3.02. The Bertz CT molecular complexity index is 765. The summed E-state index contributed by atoms with van der Waals surface area (Å²) in [5.74, 6) is -0.761. The van der Waals surface area contributed by atoms with Gasteiger partial charge in [0.15, 0.2) is 6.10 Å². The zero-order valence-electron chi connectivity index (χ0n) is 14.8. The smallest absolute Gasteiger partial charge is 0.322 e. The zero-order chi connectivity index (χ0) is 19.4. The molecule has 3 N–H and O–H groups in total. The third-order valence-electron chi connectivity index (χ3n) is 4.45. The van der Waals surface area contributed by atoms with E-state index in [-0.39, 0.29) is 18.9 Å². The van der Waals surface area contributed by atoms with Crippen molar-refractivity contribution in [2.24, 2.45) is 0 Å². The second-order valence-electron chi connectivity index (χ2n) is 6.42. The quantitative estimate of drug-likeness (QED) is 0.493. The van der Waals surface area contributed by atoms with Gasteiger partial charge in [0, 0.05) is 18.4 Å². The number of amides is 4. The van der Waals surface area contributed by atoms with Crippen molar-refractivity contribution in [2.75, 3.05) is 6.61 Å². The van der Waals surface area contributed by atoms with Gasteiger partial charge in [0.25, 0.3) is 11.8 Å². The normalized spacial score (nSPS) is 22.0. The van der Waals surface area contributed by atoms with Crippen molar-refractivity contribution in [2.45, 2.75) is 44.4 Å². The highest BCUT2D eigenvalue weighted by Gasteiger charge is 2.30. The minimum atomic E-state index is -0.973. The molecule has 1 aromatic carbocycles. The Balaban J connectivity index is 1.47. The summed E-state index contributed by atoms with van der Waals surface area (Å²) in [7, 11) is 0. The first-order valence-electron chi connectivity index (χ1n) is 8.77. The lowest BCUT2D eigenvalue weighted by Gasteiger charge is -2.27. The summed E-state index contributed by atoms with van der Waals surface area (Å²) >= 11 is 0. The van der Waals surface area contributed by atoms with Crippen LogP contribution in [0.15, 0.2) is 24.3 Å². The number of hydrogen-bond acceptors (Lipinski definition) is 6. The summed E-state index contributed by atoms with van der Waals surface area (Å²) < 4.78 is 10.7. The Labute approximate surface area is 155 Å². The SMILES string of the molecule is CC(OC(=O)CCC1NC(=O)NC1=O)C(=O)NC1CCOc2ccccc21. The molecule has 3 unspecified atom stereocenters. The summed E-state index contributed by atoms with van der Waals surface area (Å²) in [6.45, 7) is 1.98. The van der Waals surface area contributed by atoms with Crippen LogP contribution in [0.5, 0.6) is 5.75 Å². The van der Waals surface area contributed by atoms with Gasteiger partial charge in [0.1, 0.15) is 11.8 Å². The van der Waals surface area contributed by atoms with E-state index in [4.69, 9.17) is 9.47 Å². The fourth-order valence-corrected chi connectivity index (χ4v) is 3.02. The average molecular weight is 375 g/mol. The Morgan fingerprint density at radius 1 is 1.33 bits per heavy atom. The summed E-state index contributed by atoms with van der Waals surface area (Å²) in [6.07, 6.45) is -0.326. The molecule has 2 aliphatic rings. The number of carbonyl (C=O) groups is 4. The Kier molecular flexibility index (Phi) is 5.58. The van der Waals surface area contributed by atoms with Crippen LogP contribution in [-0.2, 0) is 19.1 Å². The molecule has 0 aliphatic carbocycles. The van der Waals surface area contributed by atoms with Crippen molar-refractivity contribution < 1.29 is 28.7 Å². The van der Waals surface area contributed by atoms with E-state index in [1.807, 2.05) is 24.3 Å². The van der Waals surface area contributed by atoms with Gasteiger partial charge in [0.05, 0.1) is 12.6 Å². The number of urea groups is 1. The van der Waals surface area contributed by atoms with Crippen LogP contribution in [0.1, 0.15) is 37.8 Å². The van der Waals surface area contributed by atoms with Gasteiger partial charge in [-0.1, -0.05) is 18.2 Å². The maximum absolute atomic E-state index is 12.4. The predicted molar refractivity (Wildman–Crippen MR) is 92.7 cm³/mol. The Morgan fingerprint density at radius 2 is 2.11 bits per heavy atom. The number of benzene rings is 1. The maximum atomic E-state index is 12.4. The molecule has 3 rings (SSSR count). The van der Waals surface area contributed by atoms with Crippen molar-refractivity contribution >= 4 is 23.8 Å². The monoisotopic (exact) mass is 375 g/mol. The van der Waals surface area contributed by atoms with Crippen LogP contribution < -0.4 is 20.7 Å². The summed E-state index contributed by atoms with van der Waals surface area (Å²) in [6, 6.07) is 5.91. The molecule has 2 heterocycles. The Morgan fingerprint density at radius 3 is 2.85 bits per heavy atom.